The SMILES string of the molecule is CCNC(=NCc1cccnc1Oc1cccc(F)c1)NC1CCN(CC(F)(F)F)C1.I. The number of likely N-dealkylation sites (tertiary alicyclic amines) is 1. The van der Waals surface area contributed by atoms with Crippen molar-refractivity contribution >= 4 is 29.9 Å². The van der Waals surface area contributed by atoms with E-state index in [-0.39, 0.29) is 36.6 Å². The Morgan fingerprint density at radius 3 is 2.81 bits per heavy atom. The van der Waals surface area contributed by atoms with Crippen molar-refractivity contribution in [2.24, 2.45) is 4.99 Å². The van der Waals surface area contributed by atoms with E-state index in [2.05, 4.69) is 20.6 Å². The number of pyridine rings is 1. The van der Waals surface area contributed by atoms with Crippen molar-refractivity contribution in [3.05, 3.63) is 54.0 Å². The lowest BCUT2D eigenvalue weighted by atomic mass is 10.2. The summed E-state index contributed by atoms with van der Waals surface area (Å²) in [6, 6.07) is 9.18. The fraction of sp³-hybridized carbons (Fsp3) is 0.429. The standard InChI is InChI=1S/C21H25F4N5O.HI/c1-2-26-20(29-17-8-10-30(13-17)14-21(23,24)25)28-12-15-5-4-9-27-19(15)31-18-7-3-6-16(22)11-18;/h3-7,9,11,17H,2,8,10,12-14H2,1H3,(H2,26,28,29);1H. The molecular weight excluding hydrogens is 541 g/mol. The minimum absolute atomic E-state index is 0. The van der Waals surface area contributed by atoms with Gasteiger partial charge in [-0.3, -0.25) is 4.90 Å². The summed E-state index contributed by atoms with van der Waals surface area (Å²) in [6.45, 7) is 2.51. The molecule has 1 atom stereocenters. The molecule has 0 saturated carbocycles. The van der Waals surface area contributed by atoms with Gasteiger partial charge in [0.1, 0.15) is 11.6 Å². The molecule has 0 bridgehead atoms. The van der Waals surface area contributed by atoms with Crippen molar-refractivity contribution in [2.45, 2.75) is 32.1 Å². The summed E-state index contributed by atoms with van der Waals surface area (Å²) in [5.41, 5.74) is 0.689. The Bertz CT molecular complexity index is 896. The molecule has 2 N–H and O–H groups in total. The molecule has 1 unspecified atom stereocenters. The van der Waals surface area contributed by atoms with E-state index < -0.39 is 18.5 Å². The third-order valence-electron chi connectivity index (χ3n) is 4.63. The molecule has 1 aromatic heterocycles. The Labute approximate surface area is 201 Å². The summed E-state index contributed by atoms with van der Waals surface area (Å²) in [4.78, 5) is 10.1. The molecule has 0 spiro atoms. The monoisotopic (exact) mass is 567 g/mol. The van der Waals surface area contributed by atoms with Crippen LogP contribution >= 0.6 is 24.0 Å². The molecule has 32 heavy (non-hydrogen) atoms. The van der Waals surface area contributed by atoms with E-state index in [0.717, 1.165) is 0 Å². The van der Waals surface area contributed by atoms with Gasteiger partial charge in [-0.15, -0.1) is 24.0 Å². The number of nitrogens with one attached hydrogen (secondary N) is 2. The van der Waals surface area contributed by atoms with Crippen LogP contribution in [0.1, 0.15) is 18.9 Å². The summed E-state index contributed by atoms with van der Waals surface area (Å²) in [5, 5.41) is 6.31. The zero-order valence-electron chi connectivity index (χ0n) is 17.5. The highest BCUT2D eigenvalue weighted by atomic mass is 127. The number of halogens is 5. The normalized spacial score (nSPS) is 17.0. The largest absolute Gasteiger partial charge is 0.439 e. The summed E-state index contributed by atoms with van der Waals surface area (Å²) >= 11 is 0. The lowest BCUT2D eigenvalue weighted by Gasteiger charge is -2.19. The second kappa shape index (κ2) is 12.2. The van der Waals surface area contributed by atoms with E-state index in [0.29, 0.717) is 49.2 Å². The minimum atomic E-state index is -4.20. The topological polar surface area (TPSA) is 61.8 Å². The number of rotatable bonds is 7. The summed E-state index contributed by atoms with van der Waals surface area (Å²) < 4.78 is 56.9. The lowest BCUT2D eigenvalue weighted by molar-refractivity contribution is -0.143. The summed E-state index contributed by atoms with van der Waals surface area (Å²) in [7, 11) is 0. The van der Waals surface area contributed by atoms with Crippen molar-refractivity contribution in [3.63, 3.8) is 0 Å². The number of guanidine groups is 1. The number of hydrogen-bond donors (Lipinski definition) is 2. The first kappa shape index (κ1) is 26.1. The number of alkyl halides is 3. The van der Waals surface area contributed by atoms with Crippen molar-refractivity contribution in [1.29, 1.82) is 0 Å². The van der Waals surface area contributed by atoms with Crippen LogP contribution in [0, 0.1) is 5.82 Å². The highest BCUT2D eigenvalue weighted by Crippen LogP contribution is 2.24. The van der Waals surface area contributed by atoms with Gasteiger partial charge in [-0.05, 0) is 31.5 Å². The van der Waals surface area contributed by atoms with E-state index in [9.17, 15) is 17.6 Å². The van der Waals surface area contributed by atoms with E-state index in [1.165, 1.54) is 17.0 Å². The molecule has 2 aromatic rings. The summed E-state index contributed by atoms with van der Waals surface area (Å²) in [5.74, 6) is 0.722. The van der Waals surface area contributed by atoms with E-state index in [1.807, 2.05) is 6.92 Å². The number of aromatic nitrogens is 1. The zero-order valence-corrected chi connectivity index (χ0v) is 19.9. The van der Waals surface area contributed by atoms with Crippen LogP contribution < -0.4 is 15.4 Å². The minimum Gasteiger partial charge on any atom is -0.439 e. The third-order valence-corrected chi connectivity index (χ3v) is 4.63. The van der Waals surface area contributed by atoms with E-state index in [1.54, 1.807) is 30.5 Å². The van der Waals surface area contributed by atoms with Gasteiger partial charge in [0.05, 0.1) is 13.1 Å². The number of hydrogen-bond acceptors (Lipinski definition) is 4. The molecule has 3 rings (SSSR count). The molecule has 2 heterocycles. The predicted molar refractivity (Wildman–Crippen MR) is 125 cm³/mol. The maximum absolute atomic E-state index is 13.4. The number of aliphatic imine (C=N–C) groups is 1. The first-order valence-corrected chi connectivity index (χ1v) is 10.0. The van der Waals surface area contributed by atoms with Gasteiger partial charge in [-0.25, -0.2) is 14.4 Å². The highest BCUT2D eigenvalue weighted by Gasteiger charge is 2.34. The van der Waals surface area contributed by atoms with Gasteiger partial charge in [0.25, 0.3) is 0 Å². The van der Waals surface area contributed by atoms with Crippen molar-refractivity contribution in [1.82, 2.24) is 20.5 Å². The lowest BCUT2D eigenvalue weighted by Crippen LogP contribution is -2.45. The molecule has 1 aliphatic heterocycles. The fourth-order valence-electron chi connectivity index (χ4n) is 3.30. The molecule has 6 nitrogen and oxygen atoms in total. The highest BCUT2D eigenvalue weighted by molar-refractivity contribution is 14.0. The maximum Gasteiger partial charge on any atom is 0.401 e. The number of benzene rings is 1. The number of ether oxygens (including phenoxy) is 1. The predicted octanol–water partition coefficient (Wildman–Crippen LogP) is 4.32. The van der Waals surface area contributed by atoms with Crippen LogP contribution in [0.15, 0.2) is 47.6 Å². The van der Waals surface area contributed by atoms with Gasteiger partial charge >= 0.3 is 6.18 Å². The van der Waals surface area contributed by atoms with Crippen molar-refractivity contribution in [2.75, 3.05) is 26.2 Å². The molecule has 176 valence electrons. The van der Waals surface area contributed by atoms with Gasteiger partial charge in [-0.2, -0.15) is 13.2 Å². The Morgan fingerprint density at radius 1 is 1.28 bits per heavy atom. The van der Waals surface area contributed by atoms with Crippen LogP contribution in [0.25, 0.3) is 0 Å². The van der Waals surface area contributed by atoms with E-state index in [4.69, 9.17) is 4.74 Å². The molecule has 1 fully saturated rings. The maximum atomic E-state index is 13.4. The quantitative estimate of drug-likeness (QED) is 0.226. The molecular formula is C21H26F4IN5O. The average molecular weight is 567 g/mol. The molecule has 11 heteroatoms. The van der Waals surface area contributed by atoms with Gasteiger partial charge in [0.2, 0.25) is 5.88 Å². The molecule has 1 saturated heterocycles. The van der Waals surface area contributed by atoms with Crippen molar-refractivity contribution in [3.8, 4) is 11.6 Å². The molecule has 0 radical (unpaired) electrons. The number of nitrogens with zero attached hydrogens (tertiary/aromatic N) is 3. The van der Waals surface area contributed by atoms with Crippen LogP contribution in [-0.2, 0) is 6.54 Å². The van der Waals surface area contributed by atoms with Crippen LogP contribution in [0.5, 0.6) is 11.6 Å². The first-order valence-electron chi connectivity index (χ1n) is 10.0. The second-order valence-corrected chi connectivity index (χ2v) is 7.20. The second-order valence-electron chi connectivity index (χ2n) is 7.20. The third kappa shape index (κ3) is 8.41. The smallest absolute Gasteiger partial charge is 0.401 e. The molecule has 0 amide bonds. The fourth-order valence-corrected chi connectivity index (χ4v) is 3.30. The van der Waals surface area contributed by atoms with Crippen LogP contribution in [-0.4, -0.2) is 54.2 Å². The molecule has 1 aliphatic rings. The van der Waals surface area contributed by atoms with Gasteiger partial charge in [0, 0.05) is 43.5 Å². The van der Waals surface area contributed by atoms with E-state index >= 15 is 0 Å². The molecule has 1 aromatic carbocycles. The Hall–Kier alpha value is -2.15. The van der Waals surface area contributed by atoms with Crippen molar-refractivity contribution < 1.29 is 22.3 Å². The van der Waals surface area contributed by atoms with Crippen LogP contribution in [0.2, 0.25) is 0 Å². The van der Waals surface area contributed by atoms with Gasteiger partial charge < -0.3 is 15.4 Å². The Kier molecular flexibility index (Phi) is 9.94. The first-order chi connectivity index (χ1) is 14.8. The van der Waals surface area contributed by atoms with Crippen LogP contribution in [0.4, 0.5) is 17.6 Å². The average Bonchev–Trinajstić information content (AvgIpc) is 3.12. The Balaban J connectivity index is 0.00000363. The zero-order chi connectivity index (χ0) is 22.3. The molecule has 0 aliphatic carbocycles. The summed E-state index contributed by atoms with van der Waals surface area (Å²) in [6.07, 6.45) is -2.04. The Morgan fingerprint density at radius 2 is 2.09 bits per heavy atom. The van der Waals surface area contributed by atoms with Gasteiger partial charge in [0.15, 0.2) is 5.96 Å². The van der Waals surface area contributed by atoms with Gasteiger partial charge in [-0.1, -0.05) is 12.1 Å². The van der Waals surface area contributed by atoms with Crippen LogP contribution in [0.3, 0.4) is 0 Å².